The molecule has 1 aliphatic carbocycles. The molecule has 1 saturated heterocycles. The summed E-state index contributed by atoms with van der Waals surface area (Å²) < 4.78 is 17.9. The smallest absolute Gasteiger partial charge is 0.481 e. The molecule has 1 unspecified atom stereocenters. The number of hydrogen-bond acceptors (Lipinski definition) is 5. The fourth-order valence-corrected chi connectivity index (χ4v) is 2.95. The molecule has 1 aliphatic heterocycles. The van der Waals surface area contributed by atoms with Gasteiger partial charge >= 0.3 is 7.12 Å². The Labute approximate surface area is 132 Å². The summed E-state index contributed by atoms with van der Waals surface area (Å²) in [6, 6.07) is 0. The molecule has 3 rings (SSSR count). The molecule has 0 radical (unpaired) electrons. The predicted molar refractivity (Wildman–Crippen MR) is 85.4 cm³/mol. The Balaban J connectivity index is 2.04. The summed E-state index contributed by atoms with van der Waals surface area (Å²) in [5.41, 5.74) is 1.32. The first-order valence-electron chi connectivity index (χ1n) is 7.83. The lowest BCUT2D eigenvalue weighted by Crippen LogP contribution is -2.41. The minimum Gasteiger partial charge on any atom is -0.481 e. The largest absolute Gasteiger partial charge is 0.502 e. The van der Waals surface area contributed by atoms with Crippen LogP contribution in [0.4, 0.5) is 0 Å². The molecule has 0 aromatic carbocycles. The maximum Gasteiger partial charge on any atom is 0.502 e. The molecule has 2 aliphatic rings. The van der Waals surface area contributed by atoms with Crippen LogP contribution < -0.4 is 10.2 Å². The van der Waals surface area contributed by atoms with Crippen molar-refractivity contribution in [2.24, 2.45) is 5.41 Å². The van der Waals surface area contributed by atoms with E-state index in [-0.39, 0.29) is 5.41 Å². The quantitative estimate of drug-likeness (QED) is 0.802. The molecule has 120 valence electrons. The lowest BCUT2D eigenvalue weighted by atomic mass is 9.76. The summed E-state index contributed by atoms with van der Waals surface area (Å²) in [7, 11) is 1.13. The molecule has 0 bridgehead atoms. The van der Waals surface area contributed by atoms with E-state index in [1.165, 1.54) is 0 Å². The van der Waals surface area contributed by atoms with Gasteiger partial charge in [-0.15, -0.1) is 0 Å². The highest BCUT2D eigenvalue weighted by Gasteiger charge is 2.56. The van der Waals surface area contributed by atoms with E-state index >= 15 is 0 Å². The third kappa shape index (κ3) is 2.33. The molecule has 2 heterocycles. The second kappa shape index (κ2) is 4.68. The predicted octanol–water partition coefficient (Wildman–Crippen LogP) is 2.30. The average molecular weight is 304 g/mol. The van der Waals surface area contributed by atoms with Crippen molar-refractivity contribution in [3.05, 3.63) is 12.0 Å². The fourth-order valence-electron chi connectivity index (χ4n) is 2.95. The van der Waals surface area contributed by atoms with E-state index in [4.69, 9.17) is 14.0 Å². The number of aromatic nitrogens is 2. The molecule has 22 heavy (non-hydrogen) atoms. The minimum absolute atomic E-state index is 0.262. The molecule has 6 heteroatoms. The summed E-state index contributed by atoms with van der Waals surface area (Å²) in [4.78, 5) is 8.80. The summed E-state index contributed by atoms with van der Waals surface area (Å²) in [6.45, 7) is 12.7. The number of nitrogens with zero attached hydrogens (tertiary/aromatic N) is 2. The van der Waals surface area contributed by atoms with Crippen LogP contribution >= 0.6 is 0 Å². The summed E-state index contributed by atoms with van der Waals surface area (Å²) >= 11 is 0. The maximum atomic E-state index is 6.20. The van der Waals surface area contributed by atoms with Gasteiger partial charge in [-0.3, -0.25) is 0 Å². The van der Waals surface area contributed by atoms with E-state index in [9.17, 15) is 0 Å². The standard InChI is InChI=1S/C16H25BN2O3/c1-14(2)8-10(14)12-11(13(20-7)19-9-18-12)17-21-15(3,4)16(5,6)22-17/h9-10H,8H2,1-7H3. The average Bonchev–Trinajstić information content (AvgIpc) is 2.98. The molecule has 1 aromatic rings. The molecule has 1 atom stereocenters. The Morgan fingerprint density at radius 2 is 1.64 bits per heavy atom. The van der Waals surface area contributed by atoms with Gasteiger partial charge in [0.1, 0.15) is 6.33 Å². The Bertz CT molecular complexity index is 585. The van der Waals surface area contributed by atoms with Gasteiger partial charge in [0.2, 0.25) is 5.88 Å². The number of rotatable bonds is 3. The van der Waals surface area contributed by atoms with Gasteiger partial charge in [-0.25, -0.2) is 9.97 Å². The van der Waals surface area contributed by atoms with Crippen LogP contribution in [0, 0.1) is 5.41 Å². The van der Waals surface area contributed by atoms with Crippen molar-refractivity contribution in [2.45, 2.75) is 65.1 Å². The molecule has 1 aromatic heterocycles. The second-order valence-corrected chi connectivity index (χ2v) is 8.02. The number of hydrogen-bond donors (Lipinski definition) is 0. The monoisotopic (exact) mass is 304 g/mol. The Kier molecular flexibility index (Phi) is 3.35. The first-order chi connectivity index (χ1) is 10.1. The molecular formula is C16H25BN2O3. The first-order valence-corrected chi connectivity index (χ1v) is 7.83. The van der Waals surface area contributed by atoms with Gasteiger partial charge in [-0.1, -0.05) is 13.8 Å². The molecule has 5 nitrogen and oxygen atoms in total. The van der Waals surface area contributed by atoms with Crippen molar-refractivity contribution in [1.82, 2.24) is 9.97 Å². The third-order valence-electron chi connectivity index (χ3n) is 5.40. The van der Waals surface area contributed by atoms with Crippen molar-refractivity contribution < 1.29 is 14.0 Å². The highest BCUT2D eigenvalue weighted by Crippen LogP contribution is 2.58. The van der Waals surface area contributed by atoms with Gasteiger partial charge in [-0.05, 0) is 39.5 Å². The van der Waals surface area contributed by atoms with Gasteiger partial charge in [-0.2, -0.15) is 0 Å². The number of ether oxygens (including phenoxy) is 1. The topological polar surface area (TPSA) is 53.5 Å². The van der Waals surface area contributed by atoms with E-state index in [1.54, 1.807) is 13.4 Å². The normalized spacial score (nSPS) is 27.8. The van der Waals surface area contributed by atoms with E-state index in [2.05, 4.69) is 23.8 Å². The van der Waals surface area contributed by atoms with Gasteiger partial charge in [0.15, 0.2) is 0 Å². The van der Waals surface area contributed by atoms with Crippen LogP contribution in [0.3, 0.4) is 0 Å². The maximum absolute atomic E-state index is 6.20. The van der Waals surface area contributed by atoms with E-state index in [0.29, 0.717) is 11.8 Å². The van der Waals surface area contributed by atoms with Gasteiger partial charge < -0.3 is 14.0 Å². The van der Waals surface area contributed by atoms with Crippen molar-refractivity contribution in [1.29, 1.82) is 0 Å². The summed E-state index contributed by atoms with van der Waals surface area (Å²) in [5.74, 6) is 0.949. The van der Waals surface area contributed by atoms with Crippen LogP contribution in [-0.4, -0.2) is 35.4 Å². The molecule has 0 amide bonds. The minimum atomic E-state index is -0.493. The molecule has 1 saturated carbocycles. The summed E-state index contributed by atoms with van der Waals surface area (Å²) in [6.07, 6.45) is 2.68. The zero-order valence-corrected chi connectivity index (χ0v) is 14.6. The lowest BCUT2D eigenvalue weighted by molar-refractivity contribution is 0.00578. The Morgan fingerprint density at radius 3 is 2.09 bits per heavy atom. The van der Waals surface area contributed by atoms with E-state index in [0.717, 1.165) is 17.6 Å². The molecule has 0 N–H and O–H groups in total. The van der Waals surface area contributed by atoms with Crippen LogP contribution in [0.1, 0.15) is 59.6 Å². The van der Waals surface area contributed by atoms with Crippen LogP contribution in [0.15, 0.2) is 6.33 Å². The zero-order valence-electron chi connectivity index (χ0n) is 14.6. The van der Waals surface area contributed by atoms with Gasteiger partial charge in [0.25, 0.3) is 0 Å². The highest BCUT2D eigenvalue weighted by molar-refractivity contribution is 6.63. The fraction of sp³-hybridized carbons (Fsp3) is 0.750. The van der Waals surface area contributed by atoms with Crippen molar-refractivity contribution >= 4 is 12.6 Å². The van der Waals surface area contributed by atoms with Crippen molar-refractivity contribution in [3.8, 4) is 5.88 Å². The van der Waals surface area contributed by atoms with Crippen molar-refractivity contribution in [3.63, 3.8) is 0 Å². The van der Waals surface area contributed by atoms with Crippen molar-refractivity contribution in [2.75, 3.05) is 7.11 Å². The van der Waals surface area contributed by atoms with Gasteiger partial charge in [0.05, 0.1) is 29.5 Å². The Morgan fingerprint density at radius 1 is 1.09 bits per heavy atom. The van der Waals surface area contributed by atoms with Crippen LogP contribution in [0.5, 0.6) is 5.88 Å². The van der Waals surface area contributed by atoms with Crippen LogP contribution in [-0.2, 0) is 9.31 Å². The van der Waals surface area contributed by atoms with E-state index in [1.807, 2.05) is 27.7 Å². The van der Waals surface area contributed by atoms with Gasteiger partial charge in [0, 0.05) is 5.92 Å². The third-order valence-corrected chi connectivity index (χ3v) is 5.40. The highest BCUT2D eigenvalue weighted by atomic mass is 16.7. The molecule has 0 spiro atoms. The Hall–Kier alpha value is -1.14. The second-order valence-electron chi connectivity index (χ2n) is 8.02. The van der Waals surface area contributed by atoms with Crippen LogP contribution in [0.2, 0.25) is 0 Å². The zero-order chi connectivity index (χ0) is 16.3. The molecule has 2 fully saturated rings. The first kappa shape index (κ1) is 15.7. The number of methoxy groups -OCH3 is 1. The summed E-state index contributed by atoms with van der Waals surface area (Å²) in [5, 5.41) is 0. The molecular weight excluding hydrogens is 279 g/mol. The lowest BCUT2D eigenvalue weighted by Gasteiger charge is -2.32. The van der Waals surface area contributed by atoms with E-state index < -0.39 is 18.3 Å². The van der Waals surface area contributed by atoms with Crippen LogP contribution in [0.25, 0.3) is 0 Å². The SMILES string of the molecule is COc1ncnc(C2CC2(C)C)c1B1OC(C)(C)C(C)(C)O1.